The molecule has 0 aliphatic carbocycles. The molecule has 0 N–H and O–H groups in total. The first-order valence-corrected chi connectivity index (χ1v) is 16.9. The van der Waals surface area contributed by atoms with Crippen LogP contribution in [-0.2, 0) is 38.3 Å². The average molecular weight is 844 g/mol. The van der Waals surface area contributed by atoms with Crippen molar-refractivity contribution < 1.29 is 30.2 Å². The number of benzene rings is 4. The van der Waals surface area contributed by atoms with E-state index >= 15 is 0 Å². The van der Waals surface area contributed by atoms with E-state index in [0.29, 0.717) is 17.3 Å². The van der Waals surface area contributed by atoms with Gasteiger partial charge in [0.25, 0.3) is 0 Å². The Kier molecular flexibility index (Phi) is 9.63. The van der Waals surface area contributed by atoms with E-state index in [4.69, 9.17) is 9.84 Å². The van der Waals surface area contributed by atoms with Crippen LogP contribution in [0.25, 0.3) is 44.4 Å². The molecule has 7 rings (SSSR count). The topological polar surface area (TPSA) is 44.9 Å². The summed E-state index contributed by atoms with van der Waals surface area (Å²) < 4.78 is 25.0. The van der Waals surface area contributed by atoms with Gasteiger partial charge in [0.05, 0.1) is 11.4 Å². The summed E-state index contributed by atoms with van der Waals surface area (Å²) in [5, 5.41) is 7.29. The third-order valence-corrected chi connectivity index (χ3v) is 8.86. The first kappa shape index (κ1) is 35.3. The zero-order valence-electron chi connectivity index (χ0n) is 29.5. The zero-order chi connectivity index (χ0) is 34.5. The van der Waals surface area contributed by atoms with Crippen molar-refractivity contribution in [2.75, 3.05) is 0 Å². The minimum absolute atomic E-state index is 0. The molecule has 50 heavy (non-hydrogen) atoms. The van der Waals surface area contributed by atoms with Crippen LogP contribution in [0.1, 0.15) is 71.8 Å². The van der Waals surface area contributed by atoms with Crippen LogP contribution in [0.2, 0.25) is 0 Å². The quantitative estimate of drug-likeness (QED) is 0.150. The molecule has 0 unspecified atom stereocenters. The van der Waals surface area contributed by atoms with E-state index in [2.05, 4.69) is 119 Å². The Morgan fingerprint density at radius 1 is 0.780 bits per heavy atom. The third-order valence-electron chi connectivity index (χ3n) is 8.86. The van der Waals surface area contributed by atoms with Gasteiger partial charge in [-0.25, -0.2) is 9.37 Å². The SMILES string of the molecule is CCCc1nn(-c2[c-]c(Oc3[c-]c4c(cc3)c3ccccc3n4-c3cc(F)ccn3)cc(C(C)(C)C)c2)c(C(C)(C)C)c1-c1ccccc1.[Pt+2]. The first-order valence-electron chi connectivity index (χ1n) is 16.9. The Balaban J connectivity index is 0.00000432. The van der Waals surface area contributed by atoms with Gasteiger partial charge in [0.1, 0.15) is 11.6 Å². The fourth-order valence-electron chi connectivity index (χ4n) is 6.59. The van der Waals surface area contributed by atoms with Crippen LogP contribution in [0.3, 0.4) is 0 Å². The van der Waals surface area contributed by atoms with Crippen molar-refractivity contribution in [1.29, 1.82) is 0 Å². The van der Waals surface area contributed by atoms with Crippen LogP contribution >= 0.6 is 0 Å². The molecule has 0 aliphatic heterocycles. The van der Waals surface area contributed by atoms with E-state index in [1.165, 1.54) is 23.9 Å². The zero-order valence-corrected chi connectivity index (χ0v) is 31.8. The van der Waals surface area contributed by atoms with E-state index in [1.54, 1.807) is 0 Å². The van der Waals surface area contributed by atoms with Gasteiger partial charge in [-0.05, 0) is 40.6 Å². The maximum atomic E-state index is 14.4. The predicted molar refractivity (Wildman–Crippen MR) is 197 cm³/mol. The Morgan fingerprint density at radius 3 is 2.22 bits per heavy atom. The maximum absolute atomic E-state index is 14.4. The molecule has 0 amide bonds. The number of halogens is 1. The van der Waals surface area contributed by atoms with Gasteiger partial charge in [-0.3, -0.25) is 4.68 Å². The van der Waals surface area contributed by atoms with Crippen LogP contribution < -0.4 is 4.74 Å². The van der Waals surface area contributed by atoms with E-state index < -0.39 is 0 Å². The summed E-state index contributed by atoms with van der Waals surface area (Å²) in [4.78, 5) is 4.50. The van der Waals surface area contributed by atoms with Gasteiger partial charge >= 0.3 is 21.1 Å². The van der Waals surface area contributed by atoms with E-state index in [1.807, 2.05) is 34.9 Å². The summed E-state index contributed by atoms with van der Waals surface area (Å²) in [5.41, 5.74) is 7.77. The smallest absolute Gasteiger partial charge is 0.509 e. The number of pyridine rings is 1. The van der Waals surface area contributed by atoms with Gasteiger partial charge in [0.2, 0.25) is 0 Å². The molecular formula is C43H41FN4OPt. The minimum Gasteiger partial charge on any atom is -0.509 e. The first-order chi connectivity index (χ1) is 23.4. The molecule has 4 aromatic carbocycles. The van der Waals surface area contributed by atoms with Gasteiger partial charge in [0.15, 0.2) is 0 Å². The number of hydrogen-bond donors (Lipinski definition) is 0. The van der Waals surface area contributed by atoms with Crippen molar-refractivity contribution in [2.45, 2.75) is 72.1 Å². The number of para-hydroxylation sites is 1. The van der Waals surface area contributed by atoms with Crippen LogP contribution in [0.15, 0.2) is 97.2 Å². The molecule has 0 saturated heterocycles. The Bertz CT molecular complexity index is 2310. The second-order valence-corrected chi connectivity index (χ2v) is 14.7. The Labute approximate surface area is 308 Å². The number of nitrogens with zero attached hydrogens (tertiary/aromatic N) is 4. The molecule has 256 valence electrons. The van der Waals surface area contributed by atoms with Crippen molar-refractivity contribution in [3.05, 3.63) is 132 Å². The summed E-state index contributed by atoms with van der Waals surface area (Å²) in [6.45, 7) is 15.5. The average Bonchev–Trinajstić information content (AvgIpc) is 3.61. The molecule has 3 aromatic heterocycles. The molecule has 3 heterocycles. The molecule has 0 radical (unpaired) electrons. The molecule has 0 atom stereocenters. The Morgan fingerprint density at radius 2 is 1.52 bits per heavy atom. The number of aryl methyl sites for hydroxylation is 1. The molecule has 0 spiro atoms. The summed E-state index contributed by atoms with van der Waals surface area (Å²) in [5.74, 6) is 1.22. The van der Waals surface area contributed by atoms with Gasteiger partial charge < -0.3 is 9.30 Å². The molecule has 0 bridgehead atoms. The van der Waals surface area contributed by atoms with Crippen LogP contribution in [0, 0.1) is 17.9 Å². The van der Waals surface area contributed by atoms with E-state index in [0.717, 1.165) is 62.8 Å². The third kappa shape index (κ3) is 6.66. The summed E-state index contributed by atoms with van der Waals surface area (Å²) in [6, 6.07) is 36.7. The normalized spacial score (nSPS) is 12.0. The number of rotatable bonds is 7. The molecule has 5 nitrogen and oxygen atoms in total. The molecule has 0 fully saturated rings. The van der Waals surface area contributed by atoms with Crippen molar-refractivity contribution in [3.63, 3.8) is 0 Å². The van der Waals surface area contributed by atoms with E-state index in [-0.39, 0.29) is 37.7 Å². The number of hydrogen-bond acceptors (Lipinski definition) is 3. The minimum atomic E-state index is -0.352. The second-order valence-electron chi connectivity index (χ2n) is 14.7. The van der Waals surface area contributed by atoms with Crippen LogP contribution in [0.5, 0.6) is 11.5 Å². The predicted octanol–water partition coefficient (Wildman–Crippen LogP) is 11.1. The maximum Gasteiger partial charge on any atom is 2.00 e. The number of fused-ring (bicyclic) bond motifs is 3. The van der Waals surface area contributed by atoms with Gasteiger partial charge in [0, 0.05) is 40.3 Å². The molecule has 7 aromatic rings. The standard InChI is InChI=1S/C43H41FN4O.Pt/c1-8-14-36-40(28-15-10-9-11-16-28)41(43(5,6)7)48(46-36)31-23-29(42(2,3)4)24-33(26-31)49-32-19-20-35-34-17-12-13-18-37(34)47(38(35)27-32)39-25-30(44)21-22-45-39;/h9-13,15-25H,8,14H2,1-7H3;/q-2;+2. The van der Waals surface area contributed by atoms with Crippen molar-refractivity contribution in [1.82, 2.24) is 19.3 Å². The molecular weight excluding hydrogens is 803 g/mol. The van der Waals surface area contributed by atoms with Crippen molar-refractivity contribution in [3.8, 4) is 34.1 Å². The fraction of sp³-hybridized carbons (Fsp3) is 0.256. The fourth-order valence-corrected chi connectivity index (χ4v) is 6.59. The summed E-state index contributed by atoms with van der Waals surface area (Å²) in [6.07, 6.45) is 3.34. The van der Waals surface area contributed by atoms with Crippen molar-refractivity contribution in [2.24, 2.45) is 0 Å². The largest absolute Gasteiger partial charge is 2.00 e. The van der Waals surface area contributed by atoms with Gasteiger partial charge in [-0.15, -0.1) is 41.3 Å². The van der Waals surface area contributed by atoms with Crippen LogP contribution in [-0.4, -0.2) is 19.3 Å². The van der Waals surface area contributed by atoms with Crippen LogP contribution in [0.4, 0.5) is 4.39 Å². The second kappa shape index (κ2) is 13.6. The summed E-state index contributed by atoms with van der Waals surface area (Å²) >= 11 is 0. The molecule has 7 heteroatoms. The molecule has 0 aliphatic rings. The Hall–Kier alpha value is -4.54. The number of aromatic nitrogens is 4. The summed E-state index contributed by atoms with van der Waals surface area (Å²) in [7, 11) is 0. The van der Waals surface area contributed by atoms with Gasteiger partial charge in [-0.2, -0.15) is 11.2 Å². The van der Waals surface area contributed by atoms with Gasteiger partial charge in [-0.1, -0.05) is 109 Å². The number of ether oxygens (including phenoxy) is 1. The van der Waals surface area contributed by atoms with E-state index in [9.17, 15) is 4.39 Å². The monoisotopic (exact) mass is 843 g/mol. The van der Waals surface area contributed by atoms with Crippen molar-refractivity contribution >= 4 is 21.8 Å². The molecule has 0 saturated carbocycles.